The summed E-state index contributed by atoms with van der Waals surface area (Å²) in [6.07, 6.45) is 3.55. The average Bonchev–Trinajstić information content (AvgIpc) is 2.97. The third-order valence-corrected chi connectivity index (χ3v) is 5.65. The molecule has 0 aromatic rings. The molecule has 0 amide bonds. The van der Waals surface area contributed by atoms with Gasteiger partial charge < -0.3 is 10.1 Å². The van der Waals surface area contributed by atoms with Gasteiger partial charge in [-0.3, -0.25) is 0 Å². The first-order valence-electron chi connectivity index (χ1n) is 6.95. The van der Waals surface area contributed by atoms with Crippen molar-refractivity contribution in [2.24, 2.45) is 0 Å². The highest BCUT2D eigenvalue weighted by Crippen LogP contribution is 2.20. The largest absolute Gasteiger partial charge is 0.377 e. The summed E-state index contributed by atoms with van der Waals surface area (Å²) in [6, 6.07) is 0.136. The van der Waals surface area contributed by atoms with Gasteiger partial charge in [0.05, 0.1) is 11.9 Å². The quantitative estimate of drug-likeness (QED) is 0.770. The van der Waals surface area contributed by atoms with Gasteiger partial charge in [-0.15, -0.1) is 0 Å². The third-order valence-electron chi connectivity index (χ3n) is 3.66. The van der Waals surface area contributed by atoms with Crippen molar-refractivity contribution >= 4 is 10.0 Å². The molecule has 2 unspecified atom stereocenters. The van der Waals surface area contributed by atoms with Crippen LogP contribution < -0.4 is 5.32 Å². The van der Waals surface area contributed by atoms with Crippen molar-refractivity contribution in [2.75, 3.05) is 32.0 Å². The van der Waals surface area contributed by atoms with E-state index < -0.39 is 10.0 Å². The SMILES string of the molecule is CCCN(C1CCNC1)S(=O)(=O)CC1CCCO1. The lowest BCUT2D eigenvalue weighted by Crippen LogP contribution is -2.44. The van der Waals surface area contributed by atoms with Crippen LogP contribution in [0.3, 0.4) is 0 Å². The Morgan fingerprint density at radius 2 is 2.22 bits per heavy atom. The highest BCUT2D eigenvalue weighted by Gasteiger charge is 2.34. The van der Waals surface area contributed by atoms with Crippen LogP contribution in [0.4, 0.5) is 0 Å². The first-order chi connectivity index (χ1) is 8.63. The van der Waals surface area contributed by atoms with Gasteiger partial charge in [-0.25, -0.2) is 8.42 Å². The fraction of sp³-hybridized carbons (Fsp3) is 1.00. The maximum absolute atomic E-state index is 12.5. The zero-order chi connectivity index (χ0) is 13.0. The lowest BCUT2D eigenvalue weighted by atomic mass is 10.2. The highest BCUT2D eigenvalue weighted by molar-refractivity contribution is 7.89. The van der Waals surface area contributed by atoms with Crippen molar-refractivity contribution < 1.29 is 13.2 Å². The predicted octanol–water partition coefficient (Wildman–Crippen LogP) is 0.569. The summed E-state index contributed by atoms with van der Waals surface area (Å²) in [7, 11) is -3.18. The van der Waals surface area contributed by atoms with Gasteiger partial charge in [0.25, 0.3) is 0 Å². The molecule has 0 saturated carbocycles. The van der Waals surface area contributed by atoms with Gasteiger partial charge in [0.15, 0.2) is 0 Å². The van der Waals surface area contributed by atoms with Gasteiger partial charge in [0, 0.05) is 25.7 Å². The minimum absolute atomic E-state index is 0.0938. The van der Waals surface area contributed by atoms with Crippen LogP contribution in [0, 0.1) is 0 Å². The normalized spacial score (nSPS) is 29.2. The summed E-state index contributed by atoms with van der Waals surface area (Å²) in [5.74, 6) is 0.156. The van der Waals surface area contributed by atoms with Crippen molar-refractivity contribution in [3.8, 4) is 0 Å². The highest BCUT2D eigenvalue weighted by atomic mass is 32.2. The number of sulfonamides is 1. The molecule has 0 aliphatic carbocycles. The smallest absolute Gasteiger partial charge is 0.216 e. The van der Waals surface area contributed by atoms with Crippen LogP contribution in [0.5, 0.6) is 0 Å². The second-order valence-electron chi connectivity index (χ2n) is 5.17. The fourth-order valence-electron chi connectivity index (χ4n) is 2.76. The van der Waals surface area contributed by atoms with Crippen LogP contribution in [0.2, 0.25) is 0 Å². The van der Waals surface area contributed by atoms with Crippen LogP contribution in [0.1, 0.15) is 32.6 Å². The Morgan fingerprint density at radius 1 is 1.39 bits per heavy atom. The van der Waals surface area contributed by atoms with Gasteiger partial charge in [-0.05, 0) is 32.2 Å². The average molecular weight is 276 g/mol. The van der Waals surface area contributed by atoms with Crippen molar-refractivity contribution in [1.82, 2.24) is 9.62 Å². The first-order valence-corrected chi connectivity index (χ1v) is 8.56. The molecule has 2 saturated heterocycles. The molecule has 2 rings (SSSR count). The summed E-state index contributed by atoms with van der Waals surface area (Å²) >= 11 is 0. The summed E-state index contributed by atoms with van der Waals surface area (Å²) in [4.78, 5) is 0. The summed E-state index contributed by atoms with van der Waals surface area (Å²) in [5.41, 5.74) is 0. The standard InChI is InChI=1S/C12H24N2O3S/c1-2-7-14(11-5-6-13-9-11)18(15,16)10-12-4-3-8-17-12/h11-13H,2-10H2,1H3. The molecule has 6 heteroatoms. The number of hydrogen-bond acceptors (Lipinski definition) is 4. The Morgan fingerprint density at radius 3 is 2.78 bits per heavy atom. The van der Waals surface area contributed by atoms with E-state index in [0.29, 0.717) is 13.2 Å². The summed E-state index contributed by atoms with van der Waals surface area (Å²) in [6.45, 7) is 5.06. The van der Waals surface area contributed by atoms with E-state index >= 15 is 0 Å². The Kier molecular flexibility index (Phi) is 5.00. The Bertz CT molecular complexity index is 346. The van der Waals surface area contributed by atoms with Gasteiger partial charge in [0.2, 0.25) is 10.0 Å². The van der Waals surface area contributed by atoms with Crippen LogP contribution in [0.25, 0.3) is 0 Å². The molecule has 1 N–H and O–H groups in total. The molecule has 0 aromatic carbocycles. The molecule has 0 radical (unpaired) electrons. The number of nitrogens with zero attached hydrogens (tertiary/aromatic N) is 1. The second kappa shape index (κ2) is 6.32. The topological polar surface area (TPSA) is 58.6 Å². The zero-order valence-electron chi connectivity index (χ0n) is 11.1. The Balaban J connectivity index is 2.02. The summed E-state index contributed by atoms with van der Waals surface area (Å²) in [5, 5.41) is 3.24. The minimum Gasteiger partial charge on any atom is -0.377 e. The predicted molar refractivity (Wildman–Crippen MR) is 71.0 cm³/mol. The number of hydrogen-bond donors (Lipinski definition) is 1. The third kappa shape index (κ3) is 3.44. The number of ether oxygens (including phenoxy) is 1. The Hall–Kier alpha value is -0.170. The molecule has 2 heterocycles. The minimum atomic E-state index is -3.18. The molecule has 5 nitrogen and oxygen atoms in total. The van der Waals surface area contributed by atoms with E-state index in [1.165, 1.54) is 0 Å². The molecule has 2 fully saturated rings. The van der Waals surface area contributed by atoms with E-state index in [9.17, 15) is 8.42 Å². The van der Waals surface area contributed by atoms with Crippen molar-refractivity contribution in [2.45, 2.75) is 44.8 Å². The fourth-order valence-corrected chi connectivity index (χ4v) is 4.78. The van der Waals surface area contributed by atoms with E-state index in [1.54, 1.807) is 4.31 Å². The van der Waals surface area contributed by atoms with E-state index in [1.807, 2.05) is 6.92 Å². The Labute approximate surface area is 110 Å². The monoisotopic (exact) mass is 276 g/mol. The van der Waals surface area contributed by atoms with Crippen LogP contribution in [-0.4, -0.2) is 56.9 Å². The lowest BCUT2D eigenvalue weighted by molar-refractivity contribution is 0.126. The molecule has 18 heavy (non-hydrogen) atoms. The second-order valence-corrected chi connectivity index (χ2v) is 7.14. The molecule has 0 spiro atoms. The maximum atomic E-state index is 12.5. The number of nitrogens with one attached hydrogen (secondary N) is 1. The van der Waals surface area contributed by atoms with Crippen molar-refractivity contribution in [1.29, 1.82) is 0 Å². The maximum Gasteiger partial charge on any atom is 0.216 e. The van der Waals surface area contributed by atoms with Gasteiger partial charge in [0.1, 0.15) is 0 Å². The molecular formula is C12H24N2O3S. The molecular weight excluding hydrogens is 252 g/mol. The van der Waals surface area contributed by atoms with Crippen molar-refractivity contribution in [3.63, 3.8) is 0 Å². The van der Waals surface area contributed by atoms with Crippen LogP contribution in [0.15, 0.2) is 0 Å². The van der Waals surface area contributed by atoms with E-state index in [2.05, 4.69) is 5.32 Å². The molecule has 106 valence electrons. The zero-order valence-corrected chi connectivity index (χ0v) is 11.9. The molecule has 2 atom stereocenters. The number of rotatable bonds is 6. The van der Waals surface area contributed by atoms with Gasteiger partial charge in [-0.1, -0.05) is 6.92 Å². The van der Waals surface area contributed by atoms with Gasteiger partial charge in [-0.2, -0.15) is 4.31 Å². The van der Waals surface area contributed by atoms with E-state index in [-0.39, 0.29) is 17.9 Å². The lowest BCUT2D eigenvalue weighted by Gasteiger charge is -2.28. The molecule has 2 aliphatic heterocycles. The van der Waals surface area contributed by atoms with Crippen molar-refractivity contribution in [3.05, 3.63) is 0 Å². The van der Waals surface area contributed by atoms with Crippen LogP contribution in [-0.2, 0) is 14.8 Å². The van der Waals surface area contributed by atoms with E-state index in [0.717, 1.165) is 38.8 Å². The molecule has 0 aromatic heterocycles. The molecule has 2 aliphatic rings. The molecule has 0 bridgehead atoms. The first kappa shape index (κ1) is 14.2. The van der Waals surface area contributed by atoms with Gasteiger partial charge >= 0.3 is 0 Å². The summed E-state index contributed by atoms with van der Waals surface area (Å²) < 4.78 is 32.1. The van der Waals surface area contributed by atoms with E-state index in [4.69, 9.17) is 4.74 Å². The van der Waals surface area contributed by atoms with Crippen LogP contribution >= 0.6 is 0 Å².